The molecular weight excluding hydrogens is 406 g/mol. The lowest BCUT2D eigenvalue weighted by atomic mass is 9.95. The van der Waals surface area contributed by atoms with E-state index < -0.39 is 5.82 Å². The number of benzene rings is 2. The lowest BCUT2D eigenvalue weighted by Crippen LogP contribution is -2.41. The molecule has 1 aliphatic rings. The summed E-state index contributed by atoms with van der Waals surface area (Å²) in [6.07, 6.45) is 0.964. The van der Waals surface area contributed by atoms with Crippen molar-refractivity contribution in [3.05, 3.63) is 57.8 Å². The van der Waals surface area contributed by atoms with Gasteiger partial charge in [0.15, 0.2) is 0 Å². The Morgan fingerprint density at radius 2 is 1.75 bits per heavy atom. The van der Waals surface area contributed by atoms with Gasteiger partial charge < -0.3 is 15.0 Å². The minimum absolute atomic E-state index is 0.0940. The number of halogens is 3. The van der Waals surface area contributed by atoms with Gasteiger partial charge in [0.1, 0.15) is 11.6 Å². The van der Waals surface area contributed by atoms with Crippen LogP contribution in [0.2, 0.25) is 10.0 Å². The number of hydrogen-bond donors (Lipinski definition) is 1. The minimum Gasteiger partial charge on any atom is -0.496 e. The second-order valence-electron chi connectivity index (χ2n) is 6.52. The molecule has 2 amide bonds. The normalized spacial score (nSPS) is 14.6. The van der Waals surface area contributed by atoms with E-state index in [2.05, 4.69) is 5.32 Å². The summed E-state index contributed by atoms with van der Waals surface area (Å²) in [5, 5.41) is 3.31. The fraction of sp³-hybridized carbons (Fsp3) is 0.300. The van der Waals surface area contributed by atoms with Gasteiger partial charge in [-0.1, -0.05) is 23.2 Å². The summed E-state index contributed by atoms with van der Waals surface area (Å²) in [6, 6.07) is 8.97. The van der Waals surface area contributed by atoms with Gasteiger partial charge in [0, 0.05) is 29.1 Å². The van der Waals surface area contributed by atoms with Crippen LogP contribution in [0.5, 0.6) is 5.75 Å². The summed E-state index contributed by atoms with van der Waals surface area (Å²) in [4.78, 5) is 26.9. The van der Waals surface area contributed by atoms with Crippen LogP contribution in [-0.2, 0) is 4.79 Å². The summed E-state index contributed by atoms with van der Waals surface area (Å²) in [7, 11) is 1.49. The Bertz CT molecular complexity index is 899. The third kappa shape index (κ3) is 4.56. The number of nitrogens with zero attached hydrogens (tertiary/aromatic N) is 1. The molecule has 0 atom stereocenters. The first-order valence-electron chi connectivity index (χ1n) is 8.77. The Balaban J connectivity index is 1.62. The Hall–Kier alpha value is -2.31. The van der Waals surface area contributed by atoms with Gasteiger partial charge in [0.05, 0.1) is 18.4 Å². The van der Waals surface area contributed by atoms with Gasteiger partial charge in [0.25, 0.3) is 5.91 Å². The van der Waals surface area contributed by atoms with Gasteiger partial charge >= 0.3 is 0 Å². The van der Waals surface area contributed by atoms with Crippen molar-refractivity contribution in [2.75, 3.05) is 25.5 Å². The first-order chi connectivity index (χ1) is 13.4. The zero-order chi connectivity index (χ0) is 20.3. The third-order valence-electron chi connectivity index (χ3n) is 4.73. The van der Waals surface area contributed by atoms with Crippen molar-refractivity contribution in [3.8, 4) is 5.75 Å². The molecule has 1 aliphatic heterocycles. The van der Waals surface area contributed by atoms with Crippen LogP contribution in [0.4, 0.5) is 10.1 Å². The molecule has 0 aliphatic carbocycles. The Morgan fingerprint density at radius 1 is 1.11 bits per heavy atom. The summed E-state index contributed by atoms with van der Waals surface area (Å²) in [5.74, 6) is -0.898. The number of methoxy groups -OCH3 is 1. The molecule has 0 bridgehead atoms. The third-order valence-corrected chi connectivity index (χ3v) is 5.20. The molecule has 0 unspecified atom stereocenters. The summed E-state index contributed by atoms with van der Waals surface area (Å²) in [6.45, 7) is 0.825. The second kappa shape index (κ2) is 8.80. The van der Waals surface area contributed by atoms with Crippen LogP contribution in [0.25, 0.3) is 0 Å². The lowest BCUT2D eigenvalue weighted by Gasteiger charge is -2.31. The number of nitrogens with one attached hydrogen (secondary N) is 1. The Kier molecular flexibility index (Phi) is 6.42. The molecule has 0 spiro atoms. The summed E-state index contributed by atoms with van der Waals surface area (Å²) < 4.78 is 19.1. The molecule has 5 nitrogen and oxygen atoms in total. The molecule has 0 radical (unpaired) electrons. The van der Waals surface area contributed by atoms with E-state index in [0.717, 1.165) is 6.07 Å². The molecule has 3 rings (SSSR count). The van der Waals surface area contributed by atoms with E-state index in [-0.39, 0.29) is 28.4 Å². The SMILES string of the molecule is COc1ccc(Cl)cc1C(=O)N1CCC(C(=O)Nc2ccc(Cl)cc2F)CC1. The van der Waals surface area contributed by atoms with Crippen LogP contribution >= 0.6 is 23.2 Å². The summed E-state index contributed by atoms with van der Waals surface area (Å²) >= 11 is 11.7. The van der Waals surface area contributed by atoms with Gasteiger partial charge in [-0.2, -0.15) is 0 Å². The van der Waals surface area contributed by atoms with Crippen molar-refractivity contribution in [2.45, 2.75) is 12.8 Å². The largest absolute Gasteiger partial charge is 0.496 e. The molecule has 1 heterocycles. The van der Waals surface area contributed by atoms with E-state index in [1.807, 2.05) is 0 Å². The first-order valence-corrected chi connectivity index (χ1v) is 9.53. The zero-order valence-corrected chi connectivity index (χ0v) is 16.7. The van der Waals surface area contributed by atoms with Crippen LogP contribution in [0.15, 0.2) is 36.4 Å². The van der Waals surface area contributed by atoms with Gasteiger partial charge in [-0.3, -0.25) is 9.59 Å². The number of carbonyl (C=O) groups is 2. The molecule has 0 saturated carbocycles. The van der Waals surface area contributed by atoms with Crippen LogP contribution in [0.3, 0.4) is 0 Å². The maximum Gasteiger partial charge on any atom is 0.257 e. The van der Waals surface area contributed by atoms with Crippen molar-refractivity contribution < 1.29 is 18.7 Å². The number of piperidine rings is 1. The van der Waals surface area contributed by atoms with E-state index in [9.17, 15) is 14.0 Å². The molecule has 0 aromatic heterocycles. The average Bonchev–Trinajstić information content (AvgIpc) is 2.69. The second-order valence-corrected chi connectivity index (χ2v) is 7.40. The highest BCUT2D eigenvalue weighted by atomic mass is 35.5. The number of rotatable bonds is 4. The van der Waals surface area contributed by atoms with Gasteiger partial charge in [-0.05, 0) is 49.2 Å². The quantitative estimate of drug-likeness (QED) is 0.777. The highest BCUT2D eigenvalue weighted by Gasteiger charge is 2.29. The molecule has 1 saturated heterocycles. The smallest absolute Gasteiger partial charge is 0.257 e. The van der Waals surface area contributed by atoms with Crippen molar-refractivity contribution in [2.24, 2.45) is 5.92 Å². The lowest BCUT2D eigenvalue weighted by molar-refractivity contribution is -0.121. The van der Waals surface area contributed by atoms with Crippen LogP contribution in [0, 0.1) is 11.7 Å². The van der Waals surface area contributed by atoms with E-state index in [1.54, 1.807) is 23.1 Å². The fourth-order valence-electron chi connectivity index (χ4n) is 3.19. The van der Waals surface area contributed by atoms with Gasteiger partial charge in [-0.25, -0.2) is 4.39 Å². The topological polar surface area (TPSA) is 58.6 Å². The zero-order valence-electron chi connectivity index (χ0n) is 15.2. The number of likely N-dealkylation sites (tertiary alicyclic amines) is 1. The highest BCUT2D eigenvalue weighted by molar-refractivity contribution is 6.31. The maximum atomic E-state index is 13.9. The van der Waals surface area contributed by atoms with Gasteiger partial charge in [-0.15, -0.1) is 0 Å². The van der Waals surface area contributed by atoms with E-state index in [0.29, 0.717) is 42.3 Å². The van der Waals surface area contributed by atoms with E-state index in [4.69, 9.17) is 27.9 Å². The van der Waals surface area contributed by atoms with Gasteiger partial charge in [0.2, 0.25) is 5.91 Å². The van der Waals surface area contributed by atoms with E-state index in [1.165, 1.54) is 19.2 Å². The monoisotopic (exact) mass is 424 g/mol. The van der Waals surface area contributed by atoms with E-state index >= 15 is 0 Å². The summed E-state index contributed by atoms with van der Waals surface area (Å²) in [5.41, 5.74) is 0.484. The van der Waals surface area contributed by atoms with Crippen molar-refractivity contribution in [1.29, 1.82) is 0 Å². The van der Waals surface area contributed by atoms with Crippen molar-refractivity contribution in [1.82, 2.24) is 4.90 Å². The molecule has 2 aromatic rings. The Morgan fingerprint density at radius 3 is 2.39 bits per heavy atom. The number of hydrogen-bond acceptors (Lipinski definition) is 3. The predicted molar refractivity (Wildman–Crippen MR) is 107 cm³/mol. The Labute approximate surface area is 172 Å². The molecule has 148 valence electrons. The number of carbonyl (C=O) groups excluding carboxylic acids is 2. The standard InChI is InChI=1S/C20H19Cl2FN2O3/c1-28-18-5-3-13(21)10-15(18)20(27)25-8-6-12(7-9-25)19(26)24-17-4-2-14(22)11-16(17)23/h2-5,10-12H,6-9H2,1H3,(H,24,26). The van der Waals surface area contributed by atoms with Crippen molar-refractivity contribution in [3.63, 3.8) is 0 Å². The van der Waals surface area contributed by atoms with Crippen LogP contribution in [0.1, 0.15) is 23.2 Å². The number of anilines is 1. The number of amides is 2. The minimum atomic E-state index is -0.582. The average molecular weight is 425 g/mol. The van der Waals surface area contributed by atoms with Crippen LogP contribution in [-0.4, -0.2) is 36.9 Å². The fourth-order valence-corrected chi connectivity index (χ4v) is 3.52. The first kappa shape index (κ1) is 20.4. The highest BCUT2D eigenvalue weighted by Crippen LogP contribution is 2.27. The van der Waals surface area contributed by atoms with Crippen molar-refractivity contribution >= 4 is 40.7 Å². The predicted octanol–water partition coefficient (Wildman–Crippen LogP) is 4.63. The molecular formula is C20H19Cl2FN2O3. The molecule has 2 aromatic carbocycles. The molecule has 8 heteroatoms. The molecule has 1 fully saturated rings. The number of ether oxygens (including phenoxy) is 1. The molecule has 1 N–H and O–H groups in total. The maximum absolute atomic E-state index is 13.9. The molecule has 28 heavy (non-hydrogen) atoms. The van der Waals surface area contributed by atoms with Crippen LogP contribution < -0.4 is 10.1 Å².